The third-order valence-corrected chi connectivity index (χ3v) is 3.64. The van der Waals surface area contributed by atoms with Gasteiger partial charge in [-0.3, -0.25) is 4.79 Å². The number of benzene rings is 1. The van der Waals surface area contributed by atoms with Crippen LogP contribution in [0.15, 0.2) is 35.1 Å². The zero-order chi connectivity index (χ0) is 17.5. The van der Waals surface area contributed by atoms with Crippen LogP contribution < -0.4 is 10.4 Å². The first-order valence-electron chi connectivity index (χ1n) is 8.14. The number of carbonyl (C=O) groups is 1. The van der Waals surface area contributed by atoms with Crippen LogP contribution in [0.4, 0.5) is 0 Å². The Morgan fingerprint density at radius 3 is 2.33 bits per heavy atom. The van der Waals surface area contributed by atoms with E-state index in [1.807, 2.05) is 26.0 Å². The van der Waals surface area contributed by atoms with Gasteiger partial charge in [-0.2, -0.15) is 4.98 Å². The topological polar surface area (TPSA) is 75.3 Å². The lowest BCUT2D eigenvalue weighted by atomic mass is 10.1. The average Bonchev–Trinajstić information content (AvgIpc) is 2.60. The number of hydrogen-bond donors (Lipinski definition) is 1. The molecule has 1 amide bonds. The van der Waals surface area contributed by atoms with E-state index in [-0.39, 0.29) is 11.6 Å². The molecule has 1 aromatic heterocycles. The van der Waals surface area contributed by atoms with Crippen molar-refractivity contribution in [2.75, 3.05) is 20.2 Å². The van der Waals surface area contributed by atoms with E-state index in [4.69, 9.17) is 4.74 Å². The third-order valence-electron chi connectivity index (χ3n) is 3.64. The molecule has 0 bridgehead atoms. The molecule has 2 rings (SSSR count). The Morgan fingerprint density at radius 2 is 1.79 bits per heavy atom. The molecule has 0 saturated carbocycles. The number of H-pyrrole nitrogens is 1. The minimum absolute atomic E-state index is 0.173. The summed E-state index contributed by atoms with van der Waals surface area (Å²) in [5.41, 5.74) is 0.966. The summed E-state index contributed by atoms with van der Waals surface area (Å²) >= 11 is 0. The zero-order valence-electron chi connectivity index (χ0n) is 14.3. The van der Waals surface area contributed by atoms with Gasteiger partial charge in [-0.25, -0.2) is 4.79 Å². The largest absolute Gasteiger partial charge is 0.497 e. The molecule has 0 fully saturated rings. The first kappa shape index (κ1) is 17.7. The van der Waals surface area contributed by atoms with Gasteiger partial charge < -0.3 is 14.6 Å². The van der Waals surface area contributed by atoms with Gasteiger partial charge in [-0.05, 0) is 43.2 Å². The lowest BCUT2D eigenvalue weighted by Gasteiger charge is -2.21. The lowest BCUT2D eigenvalue weighted by Crippen LogP contribution is -2.34. The van der Waals surface area contributed by atoms with E-state index in [9.17, 15) is 9.59 Å². The fourth-order valence-electron chi connectivity index (χ4n) is 2.51. The molecule has 0 atom stereocenters. The minimum Gasteiger partial charge on any atom is -0.497 e. The van der Waals surface area contributed by atoms with Crippen molar-refractivity contribution >= 4 is 5.91 Å². The van der Waals surface area contributed by atoms with E-state index in [0.29, 0.717) is 18.8 Å². The van der Waals surface area contributed by atoms with Crippen LogP contribution in [0.1, 0.15) is 37.2 Å². The molecule has 1 N–H and O–H groups in total. The molecule has 24 heavy (non-hydrogen) atoms. The van der Waals surface area contributed by atoms with Gasteiger partial charge in [0, 0.05) is 18.7 Å². The highest BCUT2D eigenvalue weighted by Crippen LogP contribution is 2.20. The van der Waals surface area contributed by atoms with E-state index in [2.05, 4.69) is 9.97 Å². The van der Waals surface area contributed by atoms with Crippen LogP contribution in [-0.2, 0) is 0 Å². The molecule has 0 radical (unpaired) electrons. The molecule has 0 saturated heterocycles. The number of nitrogens with one attached hydrogen (secondary N) is 1. The molecule has 128 valence electrons. The number of aromatic nitrogens is 2. The smallest absolute Gasteiger partial charge is 0.346 e. The zero-order valence-corrected chi connectivity index (χ0v) is 14.3. The van der Waals surface area contributed by atoms with Gasteiger partial charge in [0.05, 0.1) is 12.8 Å². The van der Waals surface area contributed by atoms with Gasteiger partial charge in [0.15, 0.2) is 0 Å². The monoisotopic (exact) mass is 329 g/mol. The normalized spacial score (nSPS) is 10.5. The summed E-state index contributed by atoms with van der Waals surface area (Å²) in [6.07, 6.45) is 1.73. The van der Waals surface area contributed by atoms with Crippen molar-refractivity contribution in [3.05, 3.63) is 46.5 Å². The maximum atomic E-state index is 12.7. The molecule has 0 aliphatic heterocycles. The van der Waals surface area contributed by atoms with Gasteiger partial charge in [-0.15, -0.1) is 0 Å². The summed E-state index contributed by atoms with van der Waals surface area (Å²) in [5.74, 6) is 0.546. The number of amides is 1. The third kappa shape index (κ3) is 4.22. The molecule has 6 nitrogen and oxygen atoms in total. The van der Waals surface area contributed by atoms with Crippen LogP contribution >= 0.6 is 0 Å². The van der Waals surface area contributed by atoms with Crippen LogP contribution in [0, 0.1) is 0 Å². The standard InChI is InChI=1S/C18H23N3O3/c1-4-10-21(11-5-2)17(22)16-12-15(19-18(23)20-16)13-6-8-14(24-3)9-7-13/h6-9,12H,4-5,10-11H2,1-3H3,(H,19,20,23). The van der Waals surface area contributed by atoms with E-state index in [0.717, 1.165) is 24.2 Å². The molecule has 6 heteroatoms. The number of aromatic amines is 1. The fourth-order valence-corrected chi connectivity index (χ4v) is 2.51. The molecule has 0 spiro atoms. The van der Waals surface area contributed by atoms with Crippen LogP contribution in [-0.4, -0.2) is 41.0 Å². The Labute approximate surface area is 141 Å². The van der Waals surface area contributed by atoms with Crippen molar-refractivity contribution in [1.82, 2.24) is 14.9 Å². The van der Waals surface area contributed by atoms with Crippen molar-refractivity contribution in [2.45, 2.75) is 26.7 Å². The molecular formula is C18H23N3O3. The second-order valence-corrected chi connectivity index (χ2v) is 5.51. The first-order chi connectivity index (χ1) is 11.6. The van der Waals surface area contributed by atoms with Crippen molar-refractivity contribution in [1.29, 1.82) is 0 Å². The van der Waals surface area contributed by atoms with Crippen molar-refractivity contribution in [3.63, 3.8) is 0 Å². The molecule has 1 heterocycles. The van der Waals surface area contributed by atoms with Gasteiger partial charge in [0.25, 0.3) is 5.91 Å². The summed E-state index contributed by atoms with van der Waals surface area (Å²) < 4.78 is 5.13. The molecule has 2 aromatic rings. The maximum Gasteiger partial charge on any atom is 0.346 e. The summed E-state index contributed by atoms with van der Waals surface area (Å²) in [4.78, 5) is 32.8. The molecular weight excluding hydrogens is 306 g/mol. The number of carbonyl (C=O) groups excluding carboxylic acids is 1. The summed E-state index contributed by atoms with van der Waals surface area (Å²) in [6, 6.07) is 8.83. The van der Waals surface area contributed by atoms with Gasteiger partial charge >= 0.3 is 5.69 Å². The highest BCUT2D eigenvalue weighted by Gasteiger charge is 2.17. The van der Waals surface area contributed by atoms with Crippen LogP contribution in [0.25, 0.3) is 11.3 Å². The van der Waals surface area contributed by atoms with Crippen molar-refractivity contribution in [3.8, 4) is 17.0 Å². The molecule has 0 aliphatic rings. The van der Waals surface area contributed by atoms with E-state index in [1.54, 1.807) is 30.2 Å². The highest BCUT2D eigenvalue weighted by atomic mass is 16.5. The van der Waals surface area contributed by atoms with Crippen LogP contribution in [0.3, 0.4) is 0 Å². The Bertz CT molecular complexity index is 732. The fraction of sp³-hybridized carbons (Fsp3) is 0.389. The maximum absolute atomic E-state index is 12.7. The minimum atomic E-state index is -0.528. The predicted molar refractivity (Wildman–Crippen MR) is 93.3 cm³/mol. The quantitative estimate of drug-likeness (QED) is 0.847. The summed E-state index contributed by atoms with van der Waals surface area (Å²) in [7, 11) is 1.59. The number of rotatable bonds is 7. The van der Waals surface area contributed by atoms with E-state index < -0.39 is 5.69 Å². The van der Waals surface area contributed by atoms with Gasteiger partial charge in [0.2, 0.25) is 0 Å². The Kier molecular flexibility index (Phi) is 6.12. The van der Waals surface area contributed by atoms with E-state index >= 15 is 0 Å². The van der Waals surface area contributed by atoms with Crippen LogP contribution in [0.5, 0.6) is 5.75 Å². The number of methoxy groups -OCH3 is 1. The number of hydrogen-bond acceptors (Lipinski definition) is 4. The number of ether oxygens (including phenoxy) is 1. The summed E-state index contributed by atoms with van der Waals surface area (Å²) in [6.45, 7) is 5.37. The molecule has 0 unspecified atom stereocenters. The SMILES string of the molecule is CCCN(CCC)C(=O)c1cc(-c2ccc(OC)cc2)nc(=O)[nH]1. The van der Waals surface area contributed by atoms with Gasteiger partial charge in [-0.1, -0.05) is 13.8 Å². The van der Waals surface area contributed by atoms with Crippen molar-refractivity contribution < 1.29 is 9.53 Å². The highest BCUT2D eigenvalue weighted by molar-refractivity contribution is 5.93. The van der Waals surface area contributed by atoms with Crippen LogP contribution in [0.2, 0.25) is 0 Å². The Hall–Kier alpha value is -2.63. The second kappa shape index (κ2) is 8.29. The lowest BCUT2D eigenvalue weighted by molar-refractivity contribution is 0.0749. The second-order valence-electron chi connectivity index (χ2n) is 5.51. The van der Waals surface area contributed by atoms with Gasteiger partial charge in [0.1, 0.15) is 11.4 Å². The average molecular weight is 329 g/mol. The molecule has 1 aromatic carbocycles. The Balaban J connectivity index is 2.36. The number of nitrogens with zero attached hydrogens (tertiary/aromatic N) is 2. The first-order valence-corrected chi connectivity index (χ1v) is 8.14. The van der Waals surface area contributed by atoms with Crippen molar-refractivity contribution in [2.24, 2.45) is 0 Å². The Morgan fingerprint density at radius 1 is 1.17 bits per heavy atom. The summed E-state index contributed by atoms with van der Waals surface area (Å²) in [5, 5.41) is 0. The van der Waals surface area contributed by atoms with E-state index in [1.165, 1.54) is 0 Å². The molecule has 0 aliphatic carbocycles. The predicted octanol–water partition coefficient (Wildman–Crippen LogP) is 2.71.